The van der Waals surface area contributed by atoms with Crippen LogP contribution in [-0.4, -0.2) is 61.0 Å². The Bertz CT molecular complexity index is 1380. The molecule has 1 heterocycles. The predicted molar refractivity (Wildman–Crippen MR) is 145 cm³/mol. The lowest BCUT2D eigenvalue weighted by molar-refractivity contribution is -0.113. The monoisotopic (exact) mass is 554 g/mol. The topological polar surface area (TPSA) is 40.6 Å². The van der Waals surface area contributed by atoms with Gasteiger partial charge < -0.3 is 9.80 Å². The number of piperidine rings is 1. The Morgan fingerprint density at radius 2 is 1.33 bits per heavy atom. The van der Waals surface area contributed by atoms with Gasteiger partial charge in [-0.25, -0.2) is 17.6 Å². The van der Waals surface area contributed by atoms with Crippen LogP contribution in [0.5, 0.6) is 0 Å². The molecule has 0 bridgehead atoms. The van der Waals surface area contributed by atoms with Crippen molar-refractivity contribution in [2.75, 3.05) is 39.5 Å². The van der Waals surface area contributed by atoms with E-state index < -0.39 is 29.1 Å². The molecule has 202 valence electrons. The molecule has 39 heavy (non-hydrogen) atoms. The lowest BCUT2D eigenvalue weighted by Crippen LogP contribution is -2.41. The highest BCUT2D eigenvalue weighted by atomic mass is 32.2. The Labute approximate surface area is 228 Å². The molecular weight excluding hydrogens is 528 g/mol. The zero-order valence-corrected chi connectivity index (χ0v) is 22.2. The summed E-state index contributed by atoms with van der Waals surface area (Å²) in [5, 5.41) is 0. The van der Waals surface area contributed by atoms with E-state index >= 15 is 0 Å². The molecule has 0 radical (unpaired) electrons. The van der Waals surface area contributed by atoms with Gasteiger partial charge in [-0.1, -0.05) is 12.1 Å². The number of likely N-dealkylation sites (tertiary alicyclic amines) is 1. The van der Waals surface area contributed by atoms with Crippen LogP contribution in [0, 0.1) is 23.3 Å². The van der Waals surface area contributed by atoms with Crippen LogP contribution in [0.1, 0.15) is 21.5 Å². The number of rotatable bonds is 7. The van der Waals surface area contributed by atoms with Crippen LogP contribution in [0.25, 0.3) is 12.2 Å². The number of nitrogens with zero attached hydrogens (tertiary/aromatic N) is 2. The summed E-state index contributed by atoms with van der Waals surface area (Å²) in [5.74, 6) is -4.05. The molecule has 0 unspecified atom stereocenters. The van der Waals surface area contributed by atoms with Gasteiger partial charge in [-0.05, 0) is 85.9 Å². The quantitative estimate of drug-likeness (QED) is 0.201. The van der Waals surface area contributed by atoms with Crippen molar-refractivity contribution in [1.82, 2.24) is 9.80 Å². The third kappa shape index (κ3) is 7.25. The summed E-state index contributed by atoms with van der Waals surface area (Å²) < 4.78 is 54.5. The number of hydrogen-bond acceptors (Lipinski definition) is 4. The van der Waals surface area contributed by atoms with Gasteiger partial charge in [0, 0.05) is 33.9 Å². The minimum absolute atomic E-state index is 0.0644. The summed E-state index contributed by atoms with van der Waals surface area (Å²) >= 11 is 1.67. The standard InChI is InChI=1S/C30H26F4N2O2S/c1-35(2)11-12-39-24-7-5-21(6-8-24)30(38)36-17-22(13-19-3-9-25(31)27(33)15-19)29(37)23(18-36)14-20-4-10-26(32)28(34)16-20/h3-10,13-16H,11-12,17-18H2,1-2H3/b22-13+,23-14+. The van der Waals surface area contributed by atoms with Crippen LogP contribution in [0.15, 0.2) is 76.7 Å². The second kappa shape index (κ2) is 12.4. The van der Waals surface area contributed by atoms with E-state index in [1.807, 2.05) is 26.2 Å². The van der Waals surface area contributed by atoms with Crippen molar-refractivity contribution in [1.29, 1.82) is 0 Å². The van der Waals surface area contributed by atoms with Crippen molar-refractivity contribution in [3.63, 3.8) is 0 Å². The average molecular weight is 555 g/mol. The number of benzene rings is 3. The van der Waals surface area contributed by atoms with Crippen LogP contribution in [-0.2, 0) is 4.79 Å². The number of carbonyl (C=O) groups is 2. The number of Topliss-reactive ketones (excluding diaryl/α,β-unsaturated/α-hetero) is 1. The maximum atomic E-state index is 13.8. The predicted octanol–water partition coefficient (Wildman–Crippen LogP) is 6.09. The summed E-state index contributed by atoms with van der Waals surface area (Å²) in [6.45, 7) is 0.781. The molecule has 4 nitrogen and oxygen atoms in total. The minimum Gasteiger partial charge on any atom is -0.330 e. The van der Waals surface area contributed by atoms with E-state index in [4.69, 9.17) is 0 Å². The molecule has 0 spiro atoms. The highest BCUT2D eigenvalue weighted by Gasteiger charge is 2.30. The lowest BCUT2D eigenvalue weighted by Gasteiger charge is -2.30. The molecule has 3 aromatic carbocycles. The van der Waals surface area contributed by atoms with Crippen molar-refractivity contribution in [2.24, 2.45) is 0 Å². The van der Waals surface area contributed by atoms with Gasteiger partial charge in [-0.2, -0.15) is 0 Å². The third-order valence-electron chi connectivity index (χ3n) is 6.07. The summed E-state index contributed by atoms with van der Waals surface area (Å²) in [6.07, 6.45) is 2.79. The molecule has 3 aromatic rings. The van der Waals surface area contributed by atoms with Crippen molar-refractivity contribution >= 4 is 35.6 Å². The van der Waals surface area contributed by atoms with Crippen molar-refractivity contribution in [3.8, 4) is 0 Å². The van der Waals surface area contributed by atoms with Crippen molar-refractivity contribution < 1.29 is 27.2 Å². The zero-order chi connectivity index (χ0) is 28.1. The Hall–Kier alpha value is -3.69. The SMILES string of the molecule is CN(C)CCSc1ccc(C(=O)N2C/C(=C\c3ccc(F)c(F)c3)C(=O)/C(=C/c3ccc(F)c(F)c3)C2)cc1. The van der Waals surface area contributed by atoms with E-state index in [9.17, 15) is 27.2 Å². The van der Waals surface area contributed by atoms with Gasteiger partial charge in [0.25, 0.3) is 5.91 Å². The smallest absolute Gasteiger partial charge is 0.254 e. The summed E-state index contributed by atoms with van der Waals surface area (Å²) in [5.41, 5.74) is 1.26. The molecule has 1 fully saturated rings. The van der Waals surface area contributed by atoms with E-state index in [0.29, 0.717) is 5.56 Å². The first-order valence-corrected chi connectivity index (χ1v) is 13.1. The Kier molecular flexibility index (Phi) is 9.04. The maximum absolute atomic E-state index is 13.8. The molecule has 4 rings (SSSR count). The van der Waals surface area contributed by atoms with Crippen molar-refractivity contribution in [3.05, 3.63) is 112 Å². The van der Waals surface area contributed by atoms with E-state index in [2.05, 4.69) is 4.90 Å². The Morgan fingerprint density at radius 1 is 0.821 bits per heavy atom. The van der Waals surface area contributed by atoms with E-state index in [1.54, 1.807) is 23.9 Å². The van der Waals surface area contributed by atoms with Crippen LogP contribution in [0.2, 0.25) is 0 Å². The van der Waals surface area contributed by atoms with Gasteiger partial charge in [-0.3, -0.25) is 9.59 Å². The van der Waals surface area contributed by atoms with Crippen LogP contribution in [0.3, 0.4) is 0 Å². The number of amides is 1. The molecule has 1 saturated heterocycles. The molecule has 1 amide bonds. The first-order valence-electron chi connectivity index (χ1n) is 12.1. The molecule has 1 aliphatic rings. The number of ketones is 1. The van der Waals surface area contributed by atoms with Gasteiger partial charge in [0.1, 0.15) is 0 Å². The highest BCUT2D eigenvalue weighted by molar-refractivity contribution is 7.99. The molecule has 0 atom stereocenters. The van der Waals surface area contributed by atoms with E-state index in [-0.39, 0.29) is 41.3 Å². The average Bonchev–Trinajstić information content (AvgIpc) is 2.90. The molecule has 9 heteroatoms. The lowest BCUT2D eigenvalue weighted by atomic mass is 9.93. The molecule has 0 aliphatic carbocycles. The second-order valence-electron chi connectivity index (χ2n) is 9.35. The second-order valence-corrected chi connectivity index (χ2v) is 10.5. The number of thioether (sulfide) groups is 1. The van der Waals surface area contributed by atoms with E-state index in [1.165, 1.54) is 29.2 Å². The zero-order valence-electron chi connectivity index (χ0n) is 21.4. The van der Waals surface area contributed by atoms with Crippen LogP contribution in [0.4, 0.5) is 17.6 Å². The fourth-order valence-corrected chi connectivity index (χ4v) is 5.03. The number of carbonyl (C=O) groups excluding carboxylic acids is 2. The van der Waals surface area contributed by atoms with Crippen molar-refractivity contribution in [2.45, 2.75) is 4.90 Å². The first-order chi connectivity index (χ1) is 18.6. The Morgan fingerprint density at radius 3 is 1.79 bits per heavy atom. The molecule has 1 aliphatic heterocycles. The van der Waals surface area contributed by atoms with Gasteiger partial charge in [0.15, 0.2) is 29.1 Å². The summed E-state index contributed by atoms with van der Waals surface area (Å²) in [4.78, 5) is 31.3. The highest BCUT2D eigenvalue weighted by Crippen LogP contribution is 2.26. The first kappa shape index (κ1) is 28.3. The van der Waals surface area contributed by atoms with Gasteiger partial charge in [-0.15, -0.1) is 11.8 Å². The molecule has 0 N–H and O–H groups in total. The fraction of sp³-hybridized carbons (Fsp3) is 0.200. The van der Waals surface area contributed by atoms with Gasteiger partial charge in [0.2, 0.25) is 0 Å². The van der Waals surface area contributed by atoms with Crippen LogP contribution < -0.4 is 0 Å². The number of hydrogen-bond donors (Lipinski definition) is 0. The normalized spacial score (nSPS) is 16.0. The minimum atomic E-state index is -1.07. The summed E-state index contributed by atoms with van der Waals surface area (Å²) in [6, 6.07) is 13.6. The van der Waals surface area contributed by atoms with E-state index in [0.717, 1.165) is 41.5 Å². The van der Waals surface area contributed by atoms with Gasteiger partial charge >= 0.3 is 0 Å². The third-order valence-corrected chi connectivity index (χ3v) is 7.06. The number of halogens is 4. The fourth-order valence-electron chi connectivity index (χ4n) is 4.01. The molecule has 0 saturated carbocycles. The largest absolute Gasteiger partial charge is 0.330 e. The van der Waals surface area contributed by atoms with Gasteiger partial charge in [0.05, 0.1) is 13.1 Å². The maximum Gasteiger partial charge on any atom is 0.254 e. The summed E-state index contributed by atoms with van der Waals surface area (Å²) in [7, 11) is 3.99. The molecular formula is C30H26F4N2O2S. The molecule has 0 aromatic heterocycles. The Balaban J connectivity index is 1.64. The van der Waals surface area contributed by atoms with Crippen LogP contribution >= 0.6 is 11.8 Å².